The minimum atomic E-state index is -4.56. The Kier molecular flexibility index (Phi) is 5.46. The number of halogens is 5. The fourth-order valence-corrected chi connectivity index (χ4v) is 4.23. The third kappa shape index (κ3) is 3.55. The molecule has 4 rings (SSSR count). The van der Waals surface area contributed by atoms with Gasteiger partial charge in [-0.1, -0.05) is 35.3 Å². The molecule has 2 heterocycles. The van der Waals surface area contributed by atoms with Crippen molar-refractivity contribution in [1.29, 1.82) is 0 Å². The molecule has 0 amide bonds. The second-order valence-electron chi connectivity index (χ2n) is 6.95. The Labute approximate surface area is 181 Å². The lowest BCUT2D eigenvalue weighted by atomic mass is 9.98. The van der Waals surface area contributed by atoms with E-state index in [9.17, 15) is 13.2 Å². The zero-order valence-corrected chi connectivity index (χ0v) is 17.6. The van der Waals surface area contributed by atoms with Crippen molar-refractivity contribution in [3.8, 4) is 5.75 Å². The molecular weight excluding hydrogens is 440 g/mol. The van der Waals surface area contributed by atoms with E-state index in [2.05, 4.69) is 4.99 Å². The number of ether oxygens (including phenoxy) is 2. The number of hydrogen-bond donors (Lipinski definition) is 0. The van der Waals surface area contributed by atoms with Crippen molar-refractivity contribution in [3.63, 3.8) is 0 Å². The molecule has 4 nitrogen and oxygen atoms in total. The van der Waals surface area contributed by atoms with Crippen LogP contribution in [0.15, 0.2) is 52.7 Å². The van der Waals surface area contributed by atoms with Crippen LogP contribution in [0.4, 0.5) is 18.9 Å². The molecule has 0 aromatic heterocycles. The van der Waals surface area contributed by atoms with Crippen LogP contribution in [0.5, 0.6) is 5.75 Å². The third-order valence-electron chi connectivity index (χ3n) is 5.04. The van der Waals surface area contributed by atoms with Gasteiger partial charge in [0.25, 0.3) is 0 Å². The van der Waals surface area contributed by atoms with Crippen molar-refractivity contribution in [2.75, 3.05) is 25.2 Å². The smallest absolute Gasteiger partial charge is 0.431 e. The fraction of sp³-hybridized carbons (Fsp3) is 0.286. The minimum Gasteiger partial charge on any atom is -0.495 e. The lowest BCUT2D eigenvalue weighted by molar-refractivity contribution is -0.0932. The number of aliphatic imine (C=N–C) groups is 1. The van der Waals surface area contributed by atoms with E-state index in [0.717, 1.165) is 4.90 Å². The summed E-state index contributed by atoms with van der Waals surface area (Å²) in [4.78, 5) is 5.45. The number of allylic oxidation sites excluding steroid dienone is 1. The molecule has 2 aliphatic heterocycles. The SMILES string of the molecule is COc1cccc([C@H]2OCC3=NCC(C)=C(C(F)(F)F)N3c3ccc(Cl)cc32)c1Cl. The molecule has 0 spiro atoms. The van der Waals surface area contributed by atoms with E-state index in [4.69, 9.17) is 32.7 Å². The van der Waals surface area contributed by atoms with Crippen molar-refractivity contribution in [2.24, 2.45) is 4.99 Å². The molecule has 0 N–H and O–H groups in total. The first-order valence-corrected chi connectivity index (χ1v) is 9.81. The first-order chi connectivity index (χ1) is 14.2. The Balaban J connectivity index is 1.95. The van der Waals surface area contributed by atoms with Gasteiger partial charge in [-0.2, -0.15) is 13.2 Å². The highest BCUT2D eigenvalue weighted by atomic mass is 35.5. The van der Waals surface area contributed by atoms with Gasteiger partial charge in [0.1, 0.15) is 30.0 Å². The Bertz CT molecular complexity index is 1070. The largest absolute Gasteiger partial charge is 0.495 e. The Morgan fingerprint density at radius 1 is 1.17 bits per heavy atom. The molecule has 2 aromatic carbocycles. The second kappa shape index (κ2) is 7.80. The predicted octanol–water partition coefficient (Wildman–Crippen LogP) is 6.18. The summed E-state index contributed by atoms with van der Waals surface area (Å²) in [6, 6.07) is 9.88. The highest BCUT2D eigenvalue weighted by molar-refractivity contribution is 6.33. The van der Waals surface area contributed by atoms with E-state index >= 15 is 0 Å². The van der Waals surface area contributed by atoms with E-state index in [0.29, 0.717) is 32.6 Å². The van der Waals surface area contributed by atoms with Gasteiger partial charge in [0.05, 0.1) is 24.4 Å². The number of anilines is 1. The minimum absolute atomic E-state index is 0.0441. The van der Waals surface area contributed by atoms with Crippen LogP contribution in [-0.4, -0.2) is 32.3 Å². The van der Waals surface area contributed by atoms with Crippen LogP contribution in [0.25, 0.3) is 0 Å². The molecule has 1 atom stereocenters. The number of hydrogen-bond acceptors (Lipinski definition) is 4. The van der Waals surface area contributed by atoms with Crippen molar-refractivity contribution in [3.05, 3.63) is 68.8 Å². The maximum Gasteiger partial charge on any atom is 0.431 e. The van der Waals surface area contributed by atoms with E-state index in [-0.39, 0.29) is 24.6 Å². The first kappa shape index (κ1) is 21.0. The van der Waals surface area contributed by atoms with Crippen LogP contribution >= 0.6 is 23.2 Å². The summed E-state index contributed by atoms with van der Waals surface area (Å²) in [5.74, 6) is 0.616. The summed E-state index contributed by atoms with van der Waals surface area (Å²) in [6.45, 7) is 1.26. The average Bonchev–Trinajstić information content (AvgIpc) is 2.84. The van der Waals surface area contributed by atoms with Crippen molar-refractivity contribution < 1.29 is 22.6 Å². The Hall–Kier alpha value is -2.22. The summed E-state index contributed by atoms with van der Waals surface area (Å²) in [5, 5.41) is 0.688. The van der Waals surface area contributed by atoms with Gasteiger partial charge in [0.2, 0.25) is 0 Å². The lowest BCUT2D eigenvalue weighted by Gasteiger charge is -2.33. The van der Waals surface area contributed by atoms with E-state index in [1.54, 1.807) is 36.4 Å². The van der Waals surface area contributed by atoms with Gasteiger partial charge in [0, 0.05) is 16.1 Å². The third-order valence-corrected chi connectivity index (χ3v) is 5.68. The molecule has 2 aliphatic rings. The number of fused-ring (bicyclic) bond motifs is 3. The predicted molar refractivity (Wildman–Crippen MR) is 111 cm³/mol. The fourth-order valence-electron chi connectivity index (χ4n) is 3.75. The Morgan fingerprint density at radius 3 is 2.63 bits per heavy atom. The van der Waals surface area contributed by atoms with Gasteiger partial charge in [-0.3, -0.25) is 9.89 Å². The summed E-state index contributed by atoms with van der Waals surface area (Å²) >= 11 is 12.7. The maximum absolute atomic E-state index is 14.0. The lowest BCUT2D eigenvalue weighted by Crippen LogP contribution is -2.42. The standard InChI is InChI=1S/C21H17Cl2F3N2O2/c1-11-9-27-17-10-30-19(13-4-3-5-16(29-2)18(13)23)14-8-12(22)6-7-15(14)28(17)20(11)21(24,25)26/h3-8,19H,9-10H2,1-2H3/t19-/m1/s1. The number of benzene rings is 2. The van der Waals surface area contributed by atoms with Crippen molar-refractivity contribution in [2.45, 2.75) is 19.2 Å². The summed E-state index contributed by atoms with van der Waals surface area (Å²) in [6.07, 6.45) is -5.32. The zero-order valence-electron chi connectivity index (χ0n) is 16.1. The van der Waals surface area contributed by atoms with E-state index in [1.807, 2.05) is 0 Å². The van der Waals surface area contributed by atoms with Gasteiger partial charge in [0.15, 0.2) is 0 Å². The molecule has 158 valence electrons. The summed E-state index contributed by atoms with van der Waals surface area (Å²) < 4.78 is 53.3. The molecule has 0 bridgehead atoms. The van der Waals surface area contributed by atoms with Crippen molar-refractivity contribution >= 4 is 34.7 Å². The molecular formula is C21H17Cl2F3N2O2. The highest BCUT2D eigenvalue weighted by Crippen LogP contribution is 2.46. The van der Waals surface area contributed by atoms with Gasteiger partial charge < -0.3 is 9.47 Å². The number of alkyl halides is 3. The first-order valence-electron chi connectivity index (χ1n) is 9.06. The van der Waals surface area contributed by atoms with E-state index < -0.39 is 18.0 Å². The van der Waals surface area contributed by atoms with Crippen LogP contribution < -0.4 is 9.64 Å². The average molecular weight is 457 g/mol. The van der Waals surface area contributed by atoms with Gasteiger partial charge in [-0.15, -0.1) is 0 Å². The van der Waals surface area contributed by atoms with Crippen LogP contribution in [-0.2, 0) is 4.74 Å². The molecule has 30 heavy (non-hydrogen) atoms. The number of nitrogens with zero attached hydrogens (tertiary/aromatic N) is 2. The molecule has 2 aromatic rings. The zero-order chi connectivity index (χ0) is 21.6. The molecule has 0 unspecified atom stereocenters. The molecule has 0 aliphatic carbocycles. The van der Waals surface area contributed by atoms with Gasteiger partial charge in [-0.25, -0.2) is 0 Å². The molecule has 9 heteroatoms. The summed E-state index contributed by atoms with van der Waals surface area (Å²) in [5.41, 5.74) is 0.696. The van der Waals surface area contributed by atoms with Gasteiger partial charge in [-0.05, 0) is 36.8 Å². The number of rotatable bonds is 2. The number of amidine groups is 1. The highest BCUT2D eigenvalue weighted by Gasteiger charge is 2.45. The maximum atomic E-state index is 14.0. The quantitative estimate of drug-likeness (QED) is 0.541. The topological polar surface area (TPSA) is 34.1 Å². The van der Waals surface area contributed by atoms with Crippen LogP contribution in [0.1, 0.15) is 24.2 Å². The molecule has 0 radical (unpaired) electrons. The van der Waals surface area contributed by atoms with E-state index in [1.165, 1.54) is 14.0 Å². The Morgan fingerprint density at radius 2 is 1.93 bits per heavy atom. The molecule has 0 saturated heterocycles. The molecule has 0 saturated carbocycles. The van der Waals surface area contributed by atoms with Crippen LogP contribution in [0.2, 0.25) is 10.0 Å². The van der Waals surface area contributed by atoms with Crippen molar-refractivity contribution in [1.82, 2.24) is 0 Å². The second-order valence-corrected chi connectivity index (χ2v) is 7.77. The monoisotopic (exact) mass is 456 g/mol. The van der Waals surface area contributed by atoms with Crippen LogP contribution in [0.3, 0.4) is 0 Å². The van der Waals surface area contributed by atoms with Crippen LogP contribution in [0, 0.1) is 0 Å². The van der Waals surface area contributed by atoms with Gasteiger partial charge >= 0.3 is 6.18 Å². The molecule has 0 fully saturated rings. The summed E-state index contributed by atoms with van der Waals surface area (Å²) in [7, 11) is 1.49. The normalized spacial score (nSPS) is 19.1. The number of methoxy groups -OCH3 is 1.